The molecule has 0 bridgehead atoms. The number of fused-ring (bicyclic) bond motifs is 1. The molecular weight excluding hydrogens is 476 g/mol. The Kier molecular flexibility index (Phi) is 9.13. The molecular formula is C31H38N4O3. The average molecular weight is 515 g/mol. The largest absolute Gasteiger partial charge is 0.483 e. The first kappa shape index (κ1) is 27.3. The summed E-state index contributed by atoms with van der Waals surface area (Å²) >= 11 is 0. The third kappa shape index (κ3) is 6.58. The van der Waals surface area contributed by atoms with Crippen LogP contribution < -0.4 is 10.2 Å². The van der Waals surface area contributed by atoms with Gasteiger partial charge in [0, 0.05) is 31.4 Å². The number of carbonyl (C=O) groups is 2. The molecule has 1 amide bonds. The highest BCUT2D eigenvalue weighted by atomic mass is 16.3. The maximum absolute atomic E-state index is 12.5. The topological polar surface area (TPSA) is 85.8 Å². The molecule has 0 spiro atoms. The monoisotopic (exact) mass is 514 g/mol. The van der Waals surface area contributed by atoms with Gasteiger partial charge >= 0.3 is 0 Å². The Bertz CT molecular complexity index is 1220. The molecule has 2 aromatic carbocycles. The Hall–Kier alpha value is -3.71. The van der Waals surface area contributed by atoms with E-state index in [-0.39, 0.29) is 24.5 Å². The van der Waals surface area contributed by atoms with Crippen LogP contribution in [0.3, 0.4) is 0 Å². The Morgan fingerprint density at radius 1 is 1.05 bits per heavy atom. The number of rotatable bonds is 5. The third-order valence-corrected chi connectivity index (χ3v) is 7.39. The van der Waals surface area contributed by atoms with Crippen molar-refractivity contribution in [3.8, 4) is 11.1 Å². The second-order valence-electron chi connectivity index (χ2n) is 10.3. The first-order valence-corrected chi connectivity index (χ1v) is 13.4. The summed E-state index contributed by atoms with van der Waals surface area (Å²) in [6.45, 7) is 9.03. The van der Waals surface area contributed by atoms with E-state index in [1.807, 2.05) is 24.1 Å². The van der Waals surface area contributed by atoms with Crippen molar-refractivity contribution < 1.29 is 14.7 Å². The number of aromatic nitrogens is 1. The van der Waals surface area contributed by atoms with Crippen LogP contribution >= 0.6 is 0 Å². The molecule has 0 radical (unpaired) electrons. The number of benzene rings is 2. The van der Waals surface area contributed by atoms with Gasteiger partial charge in [0.1, 0.15) is 5.82 Å². The van der Waals surface area contributed by atoms with Crippen molar-refractivity contribution in [2.24, 2.45) is 0 Å². The molecule has 2 aliphatic heterocycles. The van der Waals surface area contributed by atoms with Gasteiger partial charge in [0.2, 0.25) is 5.91 Å². The first-order chi connectivity index (χ1) is 18.4. The van der Waals surface area contributed by atoms with Gasteiger partial charge in [-0.25, -0.2) is 4.98 Å². The number of nitrogens with zero attached hydrogens (tertiary/aromatic N) is 3. The van der Waals surface area contributed by atoms with Gasteiger partial charge in [0.25, 0.3) is 6.47 Å². The van der Waals surface area contributed by atoms with Crippen molar-refractivity contribution >= 4 is 23.9 Å². The maximum atomic E-state index is 12.5. The molecule has 200 valence electrons. The summed E-state index contributed by atoms with van der Waals surface area (Å²) in [7, 11) is 0. The number of anilines is 2. The Balaban J connectivity index is 0.00000107. The highest BCUT2D eigenvalue weighted by Crippen LogP contribution is 2.41. The van der Waals surface area contributed by atoms with Gasteiger partial charge in [0.05, 0.1) is 6.04 Å². The zero-order chi connectivity index (χ0) is 27.1. The van der Waals surface area contributed by atoms with Crippen LogP contribution in [0.25, 0.3) is 11.1 Å². The number of likely N-dealkylation sites (tertiary alicyclic amines) is 1. The number of piperidine rings is 1. The van der Waals surface area contributed by atoms with E-state index in [1.165, 1.54) is 49.0 Å². The van der Waals surface area contributed by atoms with E-state index in [9.17, 15) is 4.79 Å². The van der Waals surface area contributed by atoms with Crippen LogP contribution in [-0.4, -0.2) is 46.5 Å². The van der Waals surface area contributed by atoms with E-state index < -0.39 is 0 Å². The predicted molar refractivity (Wildman–Crippen MR) is 152 cm³/mol. The molecule has 5 rings (SSSR count). The van der Waals surface area contributed by atoms with E-state index >= 15 is 0 Å². The smallest absolute Gasteiger partial charge is 0.290 e. The van der Waals surface area contributed by atoms with Crippen LogP contribution in [0.4, 0.5) is 11.5 Å². The molecule has 38 heavy (non-hydrogen) atoms. The van der Waals surface area contributed by atoms with E-state index in [1.54, 1.807) is 6.92 Å². The number of nitrogens with one attached hydrogen (secondary N) is 1. The lowest BCUT2D eigenvalue weighted by atomic mass is 9.89. The van der Waals surface area contributed by atoms with Gasteiger partial charge in [-0.05, 0) is 92.2 Å². The molecule has 0 aliphatic carbocycles. The maximum Gasteiger partial charge on any atom is 0.290 e. The second-order valence-corrected chi connectivity index (χ2v) is 10.3. The number of carbonyl (C=O) groups excluding carboxylic acids is 1. The third-order valence-electron chi connectivity index (χ3n) is 7.39. The zero-order valence-electron chi connectivity index (χ0n) is 22.6. The number of hydrogen-bond donors (Lipinski definition) is 2. The summed E-state index contributed by atoms with van der Waals surface area (Å²) in [5, 5.41) is 10.5. The quantitative estimate of drug-likeness (QED) is 0.404. The van der Waals surface area contributed by atoms with Crippen molar-refractivity contribution in [1.82, 2.24) is 9.88 Å². The number of hydrogen-bond acceptors (Lipinski definition) is 5. The fraction of sp³-hybridized carbons (Fsp3) is 0.387. The fourth-order valence-corrected chi connectivity index (χ4v) is 5.57. The van der Waals surface area contributed by atoms with Crippen molar-refractivity contribution in [3.63, 3.8) is 0 Å². The summed E-state index contributed by atoms with van der Waals surface area (Å²) in [5.41, 5.74) is 7.03. The number of amides is 1. The van der Waals surface area contributed by atoms with Crippen molar-refractivity contribution in [2.75, 3.05) is 23.3 Å². The summed E-state index contributed by atoms with van der Waals surface area (Å²) in [5.74, 6) is 0.947. The van der Waals surface area contributed by atoms with Gasteiger partial charge in [-0.15, -0.1) is 0 Å². The number of carboxylic acid groups (broad SMARTS) is 1. The van der Waals surface area contributed by atoms with Gasteiger partial charge < -0.3 is 15.3 Å². The lowest BCUT2D eigenvalue weighted by Crippen LogP contribution is -2.43. The summed E-state index contributed by atoms with van der Waals surface area (Å²) in [6, 6.07) is 19.8. The standard InChI is InChI=1S/C30H36N4O.CH2O2/c1-21-7-14-30(31-19-21)32-28-17-22(2)34(23(3)35)29-13-12-26(18-27(28)29)25-10-8-24(9-11-25)20-33-15-5-4-6-16-33;2-1-3/h7-14,18-19,22,28H,4-6,15-17,20H2,1-3H3,(H,31,32);1H,(H,2,3)/t22-,28+;/m0./s1. The first-order valence-electron chi connectivity index (χ1n) is 13.4. The Labute approximate surface area is 225 Å². The van der Waals surface area contributed by atoms with Crippen molar-refractivity contribution in [1.29, 1.82) is 0 Å². The van der Waals surface area contributed by atoms with Crippen LogP contribution in [-0.2, 0) is 16.1 Å². The van der Waals surface area contributed by atoms with Crippen LogP contribution in [0.5, 0.6) is 0 Å². The molecule has 0 saturated carbocycles. The van der Waals surface area contributed by atoms with Crippen LogP contribution in [0.2, 0.25) is 0 Å². The minimum absolute atomic E-state index is 0.0838. The normalized spacial score (nSPS) is 19.1. The van der Waals surface area contributed by atoms with Crippen molar-refractivity contribution in [2.45, 2.75) is 65.1 Å². The van der Waals surface area contributed by atoms with Crippen LogP contribution in [0, 0.1) is 6.92 Å². The molecule has 3 heterocycles. The molecule has 1 saturated heterocycles. The molecule has 2 aliphatic rings. The molecule has 1 fully saturated rings. The lowest BCUT2D eigenvalue weighted by molar-refractivity contribution is -0.123. The van der Waals surface area contributed by atoms with Gasteiger partial charge in [-0.3, -0.25) is 14.5 Å². The Morgan fingerprint density at radius 2 is 1.74 bits per heavy atom. The van der Waals surface area contributed by atoms with E-state index in [0.29, 0.717) is 0 Å². The molecule has 0 unspecified atom stereocenters. The fourth-order valence-electron chi connectivity index (χ4n) is 5.57. The Morgan fingerprint density at radius 3 is 2.37 bits per heavy atom. The average Bonchev–Trinajstić information content (AvgIpc) is 2.91. The van der Waals surface area contributed by atoms with Gasteiger partial charge in [-0.2, -0.15) is 0 Å². The lowest BCUT2D eigenvalue weighted by Gasteiger charge is -2.39. The van der Waals surface area contributed by atoms with Gasteiger partial charge in [0.15, 0.2) is 0 Å². The van der Waals surface area contributed by atoms with Gasteiger partial charge in [-0.1, -0.05) is 42.8 Å². The highest BCUT2D eigenvalue weighted by molar-refractivity contribution is 5.94. The summed E-state index contributed by atoms with van der Waals surface area (Å²) < 4.78 is 0. The van der Waals surface area contributed by atoms with Crippen molar-refractivity contribution in [3.05, 3.63) is 77.5 Å². The number of aryl methyl sites for hydroxylation is 1. The summed E-state index contributed by atoms with van der Waals surface area (Å²) in [4.78, 5) is 29.9. The molecule has 1 aromatic heterocycles. The zero-order valence-corrected chi connectivity index (χ0v) is 22.6. The molecule has 7 nitrogen and oxygen atoms in total. The van der Waals surface area contributed by atoms with E-state index in [4.69, 9.17) is 9.90 Å². The minimum atomic E-state index is -0.250. The second kappa shape index (κ2) is 12.7. The molecule has 3 aromatic rings. The van der Waals surface area contributed by atoms with E-state index in [2.05, 4.69) is 70.7 Å². The SMILES string of the molecule is CC(=O)N1c2ccc(-c3ccc(CN4CCCCC4)cc3)cc2[C@H](Nc2ccc(C)cn2)C[C@@H]1C.O=CO. The molecule has 2 atom stereocenters. The molecule has 7 heteroatoms. The van der Waals surface area contributed by atoms with E-state index in [0.717, 1.165) is 35.6 Å². The van der Waals surface area contributed by atoms with Crippen LogP contribution in [0.1, 0.15) is 62.3 Å². The van der Waals surface area contributed by atoms with Crippen LogP contribution in [0.15, 0.2) is 60.8 Å². The number of pyridine rings is 1. The minimum Gasteiger partial charge on any atom is -0.483 e. The predicted octanol–water partition coefficient (Wildman–Crippen LogP) is 6.04. The molecule has 2 N–H and O–H groups in total. The highest BCUT2D eigenvalue weighted by Gasteiger charge is 2.32. The summed E-state index contributed by atoms with van der Waals surface area (Å²) in [6.07, 6.45) is 6.72.